The van der Waals surface area contributed by atoms with Gasteiger partial charge in [0.25, 0.3) is 11.7 Å². The predicted octanol–water partition coefficient (Wildman–Crippen LogP) is 3.73. The monoisotopic (exact) mass is 486 g/mol. The molecular weight excluding hydrogens is 456 g/mol. The second-order valence-electron chi connectivity index (χ2n) is 8.86. The average molecular weight is 487 g/mol. The Balaban J connectivity index is 1.80. The molecular formula is C28H30N4O4. The van der Waals surface area contributed by atoms with Crippen molar-refractivity contribution in [3.05, 3.63) is 95.8 Å². The van der Waals surface area contributed by atoms with Gasteiger partial charge >= 0.3 is 0 Å². The number of likely N-dealkylation sites (tertiary alicyclic amines) is 1. The van der Waals surface area contributed by atoms with Crippen LogP contribution in [0.3, 0.4) is 0 Å². The summed E-state index contributed by atoms with van der Waals surface area (Å²) in [5.74, 6) is -0.945. The zero-order valence-electron chi connectivity index (χ0n) is 20.7. The van der Waals surface area contributed by atoms with Gasteiger partial charge in [0.1, 0.15) is 18.1 Å². The summed E-state index contributed by atoms with van der Waals surface area (Å²) in [6.07, 6.45) is 3.18. The Morgan fingerprint density at radius 1 is 1.14 bits per heavy atom. The molecule has 0 bridgehead atoms. The number of aromatic nitrogens is 2. The lowest BCUT2D eigenvalue weighted by Gasteiger charge is -2.26. The van der Waals surface area contributed by atoms with Crippen molar-refractivity contribution in [3.8, 4) is 11.4 Å². The highest BCUT2D eigenvalue weighted by atomic mass is 16.5. The Kier molecular flexibility index (Phi) is 7.36. The Morgan fingerprint density at radius 2 is 1.83 bits per heavy atom. The number of amides is 1. The topological polar surface area (TPSA) is 87.9 Å². The highest BCUT2D eigenvalue weighted by Gasteiger charge is 2.46. The summed E-state index contributed by atoms with van der Waals surface area (Å²) >= 11 is 0. The van der Waals surface area contributed by atoms with Crippen LogP contribution < -0.4 is 4.74 Å². The number of carbonyl (C=O) groups is 2. The molecule has 1 aromatic heterocycles. The van der Waals surface area contributed by atoms with Gasteiger partial charge in [-0.2, -0.15) is 5.10 Å². The number of likely N-dealkylation sites (N-methyl/N-ethyl adjacent to an activating group) is 1. The fourth-order valence-electron chi connectivity index (χ4n) is 4.28. The fraction of sp³-hybridized carbons (Fsp3) is 0.250. The molecule has 36 heavy (non-hydrogen) atoms. The molecule has 1 aliphatic heterocycles. The fourth-order valence-corrected chi connectivity index (χ4v) is 4.28. The van der Waals surface area contributed by atoms with E-state index in [2.05, 4.69) is 11.7 Å². The summed E-state index contributed by atoms with van der Waals surface area (Å²) in [6.45, 7) is 6.73. The van der Waals surface area contributed by atoms with Gasteiger partial charge in [-0.3, -0.25) is 9.59 Å². The van der Waals surface area contributed by atoms with Crippen LogP contribution in [-0.4, -0.2) is 70.2 Å². The van der Waals surface area contributed by atoms with Gasteiger partial charge in [-0.05, 0) is 50.8 Å². The third-order valence-corrected chi connectivity index (χ3v) is 6.16. The molecule has 1 aliphatic rings. The number of hydrogen-bond acceptors (Lipinski definition) is 6. The second-order valence-corrected chi connectivity index (χ2v) is 8.86. The Hall–Kier alpha value is -4.17. The first kappa shape index (κ1) is 24.9. The Morgan fingerprint density at radius 3 is 2.47 bits per heavy atom. The molecule has 1 saturated heterocycles. The van der Waals surface area contributed by atoms with Crippen molar-refractivity contribution in [2.45, 2.75) is 13.0 Å². The van der Waals surface area contributed by atoms with E-state index in [1.807, 2.05) is 68.4 Å². The first-order chi connectivity index (χ1) is 17.3. The molecule has 1 unspecified atom stereocenters. The molecule has 1 N–H and O–H groups in total. The largest absolute Gasteiger partial charge is 0.507 e. The molecule has 186 valence electrons. The van der Waals surface area contributed by atoms with Gasteiger partial charge in [-0.1, -0.05) is 43.0 Å². The number of ketones is 1. The summed E-state index contributed by atoms with van der Waals surface area (Å²) in [5.41, 5.74) is 2.64. The van der Waals surface area contributed by atoms with Crippen LogP contribution >= 0.6 is 0 Å². The number of ether oxygens (including phenoxy) is 1. The van der Waals surface area contributed by atoms with E-state index in [9.17, 15) is 14.7 Å². The molecule has 1 amide bonds. The number of hydrogen-bond donors (Lipinski definition) is 1. The predicted molar refractivity (Wildman–Crippen MR) is 138 cm³/mol. The van der Waals surface area contributed by atoms with Gasteiger partial charge in [0, 0.05) is 13.1 Å². The summed E-state index contributed by atoms with van der Waals surface area (Å²) in [5, 5.41) is 15.8. The maximum absolute atomic E-state index is 13.3. The van der Waals surface area contributed by atoms with Gasteiger partial charge in [0.15, 0.2) is 0 Å². The van der Waals surface area contributed by atoms with Crippen molar-refractivity contribution >= 4 is 17.4 Å². The number of carbonyl (C=O) groups excluding carboxylic acids is 2. The lowest BCUT2D eigenvalue weighted by molar-refractivity contribution is -0.140. The van der Waals surface area contributed by atoms with Crippen LogP contribution in [-0.2, 0) is 9.59 Å². The number of nitrogens with zero attached hydrogens (tertiary/aromatic N) is 4. The van der Waals surface area contributed by atoms with E-state index in [0.29, 0.717) is 42.3 Å². The second kappa shape index (κ2) is 10.6. The van der Waals surface area contributed by atoms with Gasteiger partial charge in [0.2, 0.25) is 0 Å². The van der Waals surface area contributed by atoms with Crippen molar-refractivity contribution < 1.29 is 19.4 Å². The third-order valence-electron chi connectivity index (χ3n) is 6.16. The number of para-hydroxylation sites is 1. The Labute approximate surface area is 210 Å². The maximum Gasteiger partial charge on any atom is 0.295 e. The number of aliphatic hydroxyl groups excluding tert-OH is 1. The van der Waals surface area contributed by atoms with Crippen LogP contribution in [0.25, 0.3) is 11.4 Å². The van der Waals surface area contributed by atoms with Crippen LogP contribution in [0.1, 0.15) is 22.9 Å². The standard InChI is InChI=1S/C28H30N4O4/c1-5-17-36-22-13-11-20(12-14-22)25-24(27(34)28(35)31(25)16-15-30(3)4)26(33)23-18-29-32(19(23)2)21-9-7-6-8-10-21/h5-14,18,25,33H,1,15-17H2,2-4H3/b26-24+. The lowest BCUT2D eigenvalue weighted by atomic mass is 9.95. The van der Waals surface area contributed by atoms with Gasteiger partial charge in [-0.25, -0.2) is 4.68 Å². The van der Waals surface area contributed by atoms with E-state index in [0.717, 1.165) is 5.69 Å². The van der Waals surface area contributed by atoms with Crippen LogP contribution in [0.4, 0.5) is 0 Å². The molecule has 0 spiro atoms. The maximum atomic E-state index is 13.3. The van der Waals surface area contributed by atoms with Crippen molar-refractivity contribution in [2.75, 3.05) is 33.8 Å². The van der Waals surface area contributed by atoms with E-state index in [1.54, 1.807) is 22.9 Å². The molecule has 0 aliphatic carbocycles. The van der Waals surface area contributed by atoms with Gasteiger partial charge < -0.3 is 19.6 Å². The van der Waals surface area contributed by atoms with E-state index in [4.69, 9.17) is 4.74 Å². The van der Waals surface area contributed by atoms with Crippen LogP contribution in [0.15, 0.2) is 79.0 Å². The highest BCUT2D eigenvalue weighted by molar-refractivity contribution is 6.46. The Bertz CT molecular complexity index is 1290. The number of benzene rings is 2. The normalized spacial score (nSPS) is 17.1. The molecule has 8 heteroatoms. The minimum atomic E-state index is -0.738. The summed E-state index contributed by atoms with van der Waals surface area (Å²) in [7, 11) is 3.80. The van der Waals surface area contributed by atoms with E-state index < -0.39 is 17.7 Å². The molecule has 2 heterocycles. The van der Waals surface area contributed by atoms with E-state index in [1.165, 1.54) is 11.1 Å². The van der Waals surface area contributed by atoms with Gasteiger partial charge in [0.05, 0.1) is 34.8 Å². The molecule has 0 radical (unpaired) electrons. The average Bonchev–Trinajstić information content (AvgIpc) is 3.39. The van der Waals surface area contributed by atoms with Crippen molar-refractivity contribution in [3.63, 3.8) is 0 Å². The zero-order valence-corrected chi connectivity index (χ0v) is 20.7. The first-order valence-electron chi connectivity index (χ1n) is 11.7. The van der Waals surface area contributed by atoms with Crippen molar-refractivity contribution in [1.82, 2.24) is 19.6 Å². The summed E-state index contributed by atoms with van der Waals surface area (Å²) < 4.78 is 7.27. The zero-order chi connectivity index (χ0) is 25.8. The number of Topliss-reactive ketones (excluding diaryl/α,β-unsaturated/α-hetero) is 1. The van der Waals surface area contributed by atoms with E-state index >= 15 is 0 Å². The van der Waals surface area contributed by atoms with Crippen molar-refractivity contribution in [1.29, 1.82) is 0 Å². The van der Waals surface area contributed by atoms with Gasteiger partial charge in [-0.15, -0.1) is 0 Å². The van der Waals surface area contributed by atoms with Crippen LogP contribution in [0.5, 0.6) is 5.75 Å². The number of aliphatic hydroxyl groups is 1. The van der Waals surface area contributed by atoms with Crippen LogP contribution in [0.2, 0.25) is 0 Å². The molecule has 2 aromatic carbocycles. The molecule has 8 nitrogen and oxygen atoms in total. The lowest BCUT2D eigenvalue weighted by Crippen LogP contribution is -2.35. The smallest absolute Gasteiger partial charge is 0.295 e. The minimum absolute atomic E-state index is 0.0502. The summed E-state index contributed by atoms with van der Waals surface area (Å²) in [4.78, 5) is 29.9. The quantitative estimate of drug-likeness (QED) is 0.215. The summed E-state index contributed by atoms with van der Waals surface area (Å²) in [6, 6.07) is 16.0. The first-order valence-corrected chi connectivity index (χ1v) is 11.7. The SMILES string of the molecule is C=CCOc1ccc(C2/C(=C(\O)c3cnn(-c4ccccc4)c3C)C(=O)C(=O)N2CCN(C)C)cc1. The molecule has 3 aromatic rings. The minimum Gasteiger partial charge on any atom is -0.507 e. The number of rotatable bonds is 9. The molecule has 1 fully saturated rings. The molecule has 4 rings (SSSR count). The van der Waals surface area contributed by atoms with Crippen molar-refractivity contribution in [2.24, 2.45) is 0 Å². The molecule has 1 atom stereocenters. The van der Waals surface area contributed by atoms with E-state index in [-0.39, 0.29) is 11.3 Å². The highest BCUT2D eigenvalue weighted by Crippen LogP contribution is 2.40. The third kappa shape index (κ3) is 4.81. The molecule has 0 saturated carbocycles. The van der Waals surface area contributed by atoms with Crippen LogP contribution in [0, 0.1) is 6.92 Å².